The van der Waals surface area contributed by atoms with Gasteiger partial charge in [-0.25, -0.2) is 0 Å². The Kier molecular flexibility index (Phi) is 4.29. The van der Waals surface area contributed by atoms with Crippen molar-refractivity contribution in [2.45, 2.75) is 39.2 Å². The average molecular weight is 287 g/mol. The van der Waals surface area contributed by atoms with Crippen molar-refractivity contribution < 1.29 is 0 Å². The summed E-state index contributed by atoms with van der Waals surface area (Å²) in [6.45, 7) is 4.60. The van der Waals surface area contributed by atoms with Gasteiger partial charge in [-0.2, -0.15) is 0 Å². The Labute approximate surface area is 119 Å². The highest BCUT2D eigenvalue weighted by atomic mass is 35.5. The van der Waals surface area contributed by atoms with Crippen LogP contribution in [0.2, 0.25) is 10.0 Å². The molecule has 0 bridgehead atoms. The van der Waals surface area contributed by atoms with Crippen LogP contribution in [0.15, 0.2) is 12.1 Å². The molecule has 0 heterocycles. The maximum atomic E-state index is 6.20. The molecule has 3 unspecified atom stereocenters. The molecule has 0 spiro atoms. The first kappa shape index (κ1) is 13.8. The summed E-state index contributed by atoms with van der Waals surface area (Å²) >= 11 is 12.4. The van der Waals surface area contributed by atoms with Crippen molar-refractivity contribution in [3.63, 3.8) is 0 Å². The van der Waals surface area contributed by atoms with E-state index in [9.17, 15) is 0 Å². The Morgan fingerprint density at radius 2 is 1.78 bits per heavy atom. The monoisotopic (exact) mass is 286 g/mol. The standard InChI is InChI=1S/C14H20Cl2N2/c1-8-3-4-13(9(2)5-8)18-14-11(15)6-10(17)7-12(14)16/h6-9,13,18H,3-5,17H2,1-2H3. The summed E-state index contributed by atoms with van der Waals surface area (Å²) in [4.78, 5) is 0. The Balaban J connectivity index is 2.14. The van der Waals surface area contributed by atoms with Gasteiger partial charge in [-0.15, -0.1) is 0 Å². The number of nitrogen functional groups attached to an aromatic ring is 1. The smallest absolute Gasteiger partial charge is 0.0722 e. The van der Waals surface area contributed by atoms with E-state index in [-0.39, 0.29) is 0 Å². The van der Waals surface area contributed by atoms with Gasteiger partial charge in [0.25, 0.3) is 0 Å². The lowest BCUT2D eigenvalue weighted by Gasteiger charge is -2.34. The summed E-state index contributed by atoms with van der Waals surface area (Å²) in [5.74, 6) is 1.45. The number of nitrogens with two attached hydrogens (primary N) is 1. The molecule has 0 aliphatic heterocycles. The van der Waals surface area contributed by atoms with Crippen LogP contribution in [0.4, 0.5) is 11.4 Å². The van der Waals surface area contributed by atoms with Gasteiger partial charge in [0.1, 0.15) is 0 Å². The fraction of sp³-hybridized carbons (Fsp3) is 0.571. The van der Waals surface area contributed by atoms with Crippen LogP contribution in [0.5, 0.6) is 0 Å². The molecule has 0 aromatic heterocycles. The lowest BCUT2D eigenvalue weighted by Crippen LogP contribution is -2.33. The molecule has 2 nitrogen and oxygen atoms in total. The molecule has 0 saturated heterocycles. The average Bonchev–Trinajstić information content (AvgIpc) is 2.25. The summed E-state index contributed by atoms with van der Waals surface area (Å²) in [5.41, 5.74) is 7.13. The minimum absolute atomic E-state index is 0.444. The number of nitrogens with one attached hydrogen (secondary N) is 1. The SMILES string of the molecule is CC1CCC(Nc2c(Cl)cc(N)cc2Cl)C(C)C1. The van der Waals surface area contributed by atoms with Crippen molar-refractivity contribution in [2.24, 2.45) is 11.8 Å². The van der Waals surface area contributed by atoms with E-state index in [1.807, 2.05) is 0 Å². The van der Waals surface area contributed by atoms with Crippen molar-refractivity contribution in [1.29, 1.82) is 0 Å². The zero-order valence-corrected chi connectivity index (χ0v) is 12.4. The van der Waals surface area contributed by atoms with Crippen LogP contribution in [0.1, 0.15) is 33.1 Å². The van der Waals surface area contributed by atoms with E-state index in [1.165, 1.54) is 19.3 Å². The second-order valence-electron chi connectivity index (χ2n) is 5.51. The summed E-state index contributed by atoms with van der Waals surface area (Å²) in [6.07, 6.45) is 3.67. The van der Waals surface area contributed by atoms with Gasteiger partial charge in [0.15, 0.2) is 0 Å². The summed E-state index contributed by atoms with van der Waals surface area (Å²) in [6, 6.07) is 3.93. The van der Waals surface area contributed by atoms with Crippen LogP contribution in [0.3, 0.4) is 0 Å². The molecule has 1 aliphatic carbocycles. The highest BCUT2D eigenvalue weighted by molar-refractivity contribution is 6.39. The van der Waals surface area contributed by atoms with Crippen LogP contribution >= 0.6 is 23.2 Å². The van der Waals surface area contributed by atoms with Gasteiger partial charge in [-0.1, -0.05) is 37.0 Å². The van der Waals surface area contributed by atoms with Gasteiger partial charge >= 0.3 is 0 Å². The Morgan fingerprint density at radius 3 is 2.33 bits per heavy atom. The fourth-order valence-electron chi connectivity index (χ4n) is 2.80. The molecule has 1 aromatic carbocycles. The third-order valence-electron chi connectivity index (χ3n) is 3.83. The number of hydrogen-bond acceptors (Lipinski definition) is 2. The molecule has 100 valence electrons. The van der Waals surface area contributed by atoms with Crippen LogP contribution in [0, 0.1) is 11.8 Å². The Hall–Kier alpha value is -0.600. The van der Waals surface area contributed by atoms with Gasteiger partial charge in [0, 0.05) is 11.7 Å². The van der Waals surface area contributed by atoms with Crippen molar-refractivity contribution in [1.82, 2.24) is 0 Å². The Bertz CT molecular complexity index is 411. The molecule has 1 aromatic rings. The predicted octanol–water partition coefficient (Wildman–Crippen LogP) is 4.81. The molecule has 0 amide bonds. The molecule has 3 N–H and O–H groups in total. The predicted molar refractivity (Wildman–Crippen MR) is 80.5 cm³/mol. The molecule has 0 radical (unpaired) electrons. The number of rotatable bonds is 2. The maximum absolute atomic E-state index is 6.20. The first-order valence-electron chi connectivity index (χ1n) is 6.48. The lowest BCUT2D eigenvalue weighted by molar-refractivity contribution is 0.276. The summed E-state index contributed by atoms with van der Waals surface area (Å²) < 4.78 is 0. The second kappa shape index (κ2) is 5.58. The largest absolute Gasteiger partial charge is 0.399 e. The maximum Gasteiger partial charge on any atom is 0.0722 e. The van der Waals surface area contributed by atoms with E-state index in [0.29, 0.717) is 27.7 Å². The van der Waals surface area contributed by atoms with Gasteiger partial charge in [0.05, 0.1) is 15.7 Å². The van der Waals surface area contributed by atoms with Crippen LogP contribution in [-0.2, 0) is 0 Å². The number of hydrogen-bond donors (Lipinski definition) is 2. The minimum Gasteiger partial charge on any atom is -0.399 e. The molecule has 2 rings (SSSR count). The van der Waals surface area contributed by atoms with Crippen LogP contribution in [0.25, 0.3) is 0 Å². The normalized spacial score (nSPS) is 28.1. The van der Waals surface area contributed by atoms with E-state index in [4.69, 9.17) is 28.9 Å². The number of halogens is 2. The molecule has 18 heavy (non-hydrogen) atoms. The van der Waals surface area contributed by atoms with Crippen molar-refractivity contribution >= 4 is 34.6 Å². The molecule has 1 saturated carbocycles. The topological polar surface area (TPSA) is 38.0 Å². The molecule has 1 fully saturated rings. The Morgan fingerprint density at radius 1 is 1.17 bits per heavy atom. The van der Waals surface area contributed by atoms with E-state index in [0.717, 1.165) is 11.6 Å². The van der Waals surface area contributed by atoms with Crippen molar-refractivity contribution in [2.75, 3.05) is 11.1 Å². The lowest BCUT2D eigenvalue weighted by atomic mass is 9.80. The second-order valence-corrected chi connectivity index (χ2v) is 6.32. The minimum atomic E-state index is 0.444. The van der Waals surface area contributed by atoms with Gasteiger partial charge < -0.3 is 11.1 Å². The molecular weight excluding hydrogens is 267 g/mol. The quantitative estimate of drug-likeness (QED) is 0.766. The third kappa shape index (κ3) is 3.04. The molecule has 1 aliphatic rings. The van der Waals surface area contributed by atoms with Gasteiger partial charge in [-0.05, 0) is 43.2 Å². The zero-order chi connectivity index (χ0) is 13.3. The summed E-state index contributed by atoms with van der Waals surface area (Å²) in [5, 5.41) is 4.70. The highest BCUT2D eigenvalue weighted by Crippen LogP contribution is 2.37. The molecule has 4 heteroatoms. The van der Waals surface area contributed by atoms with Crippen molar-refractivity contribution in [3.8, 4) is 0 Å². The van der Waals surface area contributed by atoms with E-state index < -0.39 is 0 Å². The van der Waals surface area contributed by atoms with Gasteiger partial charge in [-0.3, -0.25) is 0 Å². The first-order valence-corrected chi connectivity index (χ1v) is 7.24. The third-order valence-corrected chi connectivity index (χ3v) is 4.42. The van der Waals surface area contributed by atoms with Crippen LogP contribution in [-0.4, -0.2) is 6.04 Å². The van der Waals surface area contributed by atoms with Crippen molar-refractivity contribution in [3.05, 3.63) is 22.2 Å². The number of anilines is 2. The van der Waals surface area contributed by atoms with E-state index in [2.05, 4.69) is 19.2 Å². The van der Waals surface area contributed by atoms with Gasteiger partial charge in [0.2, 0.25) is 0 Å². The first-order chi connectivity index (χ1) is 8.47. The molecule has 3 atom stereocenters. The molecular formula is C14H20Cl2N2. The highest BCUT2D eigenvalue weighted by Gasteiger charge is 2.26. The summed E-state index contributed by atoms with van der Waals surface area (Å²) in [7, 11) is 0. The van der Waals surface area contributed by atoms with E-state index in [1.54, 1.807) is 12.1 Å². The zero-order valence-electron chi connectivity index (χ0n) is 10.8. The van der Waals surface area contributed by atoms with E-state index >= 15 is 0 Å². The van der Waals surface area contributed by atoms with Crippen LogP contribution < -0.4 is 11.1 Å². The number of benzene rings is 1. The fourth-order valence-corrected chi connectivity index (χ4v) is 3.41.